The highest BCUT2D eigenvalue weighted by atomic mass is 35.5. The standard InChI is InChI=1S/C21H27ClN2O4S/c1-15(2)12-20(16-8-10-19(28-3)11-9-16)23-21(25)14-24(29(4,26)27)18-7-5-6-17(22)13-18/h5-11,13,15,20H,12,14H2,1-4H3,(H,23,25). The molecule has 2 rings (SSSR count). The van der Waals surface area contributed by atoms with E-state index in [2.05, 4.69) is 19.2 Å². The number of nitrogens with one attached hydrogen (secondary N) is 1. The Morgan fingerprint density at radius 2 is 1.83 bits per heavy atom. The minimum Gasteiger partial charge on any atom is -0.497 e. The molecule has 0 radical (unpaired) electrons. The molecule has 2 aromatic rings. The van der Waals surface area contributed by atoms with E-state index >= 15 is 0 Å². The van der Waals surface area contributed by atoms with Crippen molar-refractivity contribution in [2.75, 3.05) is 24.2 Å². The Morgan fingerprint density at radius 3 is 2.34 bits per heavy atom. The Bertz CT molecular complexity index is 930. The molecule has 0 aliphatic heterocycles. The number of rotatable bonds is 9. The first-order chi connectivity index (χ1) is 13.6. The molecule has 1 N–H and O–H groups in total. The number of ether oxygens (including phenoxy) is 1. The van der Waals surface area contributed by atoms with E-state index in [1.807, 2.05) is 24.3 Å². The van der Waals surface area contributed by atoms with E-state index in [0.717, 1.165) is 21.9 Å². The summed E-state index contributed by atoms with van der Waals surface area (Å²) in [5.41, 5.74) is 1.28. The summed E-state index contributed by atoms with van der Waals surface area (Å²) in [4.78, 5) is 12.8. The van der Waals surface area contributed by atoms with Crippen molar-refractivity contribution in [3.05, 3.63) is 59.1 Å². The van der Waals surface area contributed by atoms with Crippen molar-refractivity contribution in [2.24, 2.45) is 5.92 Å². The molecule has 0 fully saturated rings. The number of sulfonamides is 1. The molecule has 1 unspecified atom stereocenters. The number of methoxy groups -OCH3 is 1. The number of carbonyl (C=O) groups excluding carboxylic acids is 1. The second-order valence-electron chi connectivity index (χ2n) is 7.27. The van der Waals surface area contributed by atoms with Crippen LogP contribution in [0.3, 0.4) is 0 Å². The molecule has 8 heteroatoms. The van der Waals surface area contributed by atoms with E-state index in [-0.39, 0.29) is 12.6 Å². The lowest BCUT2D eigenvalue weighted by atomic mass is 9.97. The number of benzene rings is 2. The monoisotopic (exact) mass is 438 g/mol. The molecule has 0 saturated carbocycles. The van der Waals surface area contributed by atoms with Gasteiger partial charge in [0.15, 0.2) is 0 Å². The fourth-order valence-electron chi connectivity index (χ4n) is 2.99. The van der Waals surface area contributed by atoms with E-state index in [1.165, 1.54) is 6.07 Å². The number of carbonyl (C=O) groups is 1. The minimum atomic E-state index is -3.66. The van der Waals surface area contributed by atoms with E-state index in [1.54, 1.807) is 25.3 Å². The van der Waals surface area contributed by atoms with E-state index in [9.17, 15) is 13.2 Å². The highest BCUT2D eigenvalue weighted by Gasteiger charge is 2.23. The summed E-state index contributed by atoms with van der Waals surface area (Å²) in [7, 11) is -2.07. The van der Waals surface area contributed by atoms with Crippen LogP contribution in [0.2, 0.25) is 5.02 Å². The molecule has 0 spiro atoms. The van der Waals surface area contributed by atoms with Gasteiger partial charge < -0.3 is 10.1 Å². The summed E-state index contributed by atoms with van der Waals surface area (Å²) >= 11 is 5.99. The van der Waals surface area contributed by atoms with Gasteiger partial charge in [-0.15, -0.1) is 0 Å². The predicted molar refractivity (Wildman–Crippen MR) is 117 cm³/mol. The van der Waals surface area contributed by atoms with Gasteiger partial charge in [-0.05, 0) is 48.2 Å². The summed E-state index contributed by atoms with van der Waals surface area (Å²) in [6.45, 7) is 3.80. The van der Waals surface area contributed by atoms with Crippen LogP contribution in [0.15, 0.2) is 48.5 Å². The Labute approximate surface area is 177 Å². The third-order valence-corrected chi connectivity index (χ3v) is 5.72. The first-order valence-electron chi connectivity index (χ1n) is 9.26. The van der Waals surface area contributed by atoms with Crippen LogP contribution in [0.25, 0.3) is 0 Å². The lowest BCUT2D eigenvalue weighted by molar-refractivity contribution is -0.120. The zero-order valence-corrected chi connectivity index (χ0v) is 18.6. The van der Waals surface area contributed by atoms with Crippen LogP contribution in [0.5, 0.6) is 5.75 Å². The maximum atomic E-state index is 12.8. The lowest BCUT2D eigenvalue weighted by Gasteiger charge is -2.25. The van der Waals surface area contributed by atoms with Crippen LogP contribution in [0, 0.1) is 5.92 Å². The van der Waals surface area contributed by atoms with E-state index < -0.39 is 15.9 Å². The van der Waals surface area contributed by atoms with E-state index in [4.69, 9.17) is 16.3 Å². The molecular formula is C21H27ClN2O4S. The quantitative estimate of drug-likeness (QED) is 0.641. The molecule has 0 aliphatic carbocycles. The predicted octanol–water partition coefficient (Wildman–Crippen LogP) is 4.02. The van der Waals surface area contributed by atoms with Crippen LogP contribution >= 0.6 is 11.6 Å². The molecule has 158 valence electrons. The topological polar surface area (TPSA) is 75.7 Å². The van der Waals surface area contributed by atoms with Crippen LogP contribution in [0.4, 0.5) is 5.69 Å². The van der Waals surface area contributed by atoms with Crippen LogP contribution < -0.4 is 14.4 Å². The molecule has 0 aliphatic rings. The number of hydrogen-bond donors (Lipinski definition) is 1. The van der Waals surface area contributed by atoms with Crippen molar-refractivity contribution < 1.29 is 17.9 Å². The molecule has 0 bridgehead atoms. The molecule has 0 heterocycles. The number of anilines is 1. The fourth-order valence-corrected chi connectivity index (χ4v) is 4.02. The first-order valence-corrected chi connectivity index (χ1v) is 11.5. The van der Waals surface area contributed by atoms with Crippen molar-refractivity contribution in [3.8, 4) is 5.75 Å². The highest BCUT2D eigenvalue weighted by molar-refractivity contribution is 7.92. The van der Waals surface area contributed by atoms with Gasteiger partial charge >= 0.3 is 0 Å². The highest BCUT2D eigenvalue weighted by Crippen LogP contribution is 2.25. The lowest BCUT2D eigenvalue weighted by Crippen LogP contribution is -2.41. The van der Waals surface area contributed by atoms with Gasteiger partial charge in [0.25, 0.3) is 0 Å². The molecule has 2 aromatic carbocycles. The normalized spacial score (nSPS) is 12.5. The largest absolute Gasteiger partial charge is 0.497 e. The molecule has 6 nitrogen and oxygen atoms in total. The van der Waals surface area contributed by atoms with Crippen molar-refractivity contribution >= 4 is 33.2 Å². The Hall–Kier alpha value is -2.25. The van der Waals surface area contributed by atoms with Gasteiger partial charge in [0.1, 0.15) is 12.3 Å². The minimum absolute atomic E-state index is 0.242. The Morgan fingerprint density at radius 1 is 1.17 bits per heavy atom. The second kappa shape index (κ2) is 9.98. The van der Waals surface area contributed by atoms with Gasteiger partial charge in [-0.3, -0.25) is 9.10 Å². The van der Waals surface area contributed by atoms with Crippen LogP contribution in [-0.4, -0.2) is 34.2 Å². The Kier molecular flexibility index (Phi) is 7.93. The molecule has 0 aromatic heterocycles. The second-order valence-corrected chi connectivity index (χ2v) is 9.62. The van der Waals surface area contributed by atoms with Gasteiger partial charge in [0.2, 0.25) is 15.9 Å². The summed E-state index contributed by atoms with van der Waals surface area (Å²) in [5.74, 6) is 0.672. The fraction of sp³-hybridized carbons (Fsp3) is 0.381. The van der Waals surface area contributed by atoms with Gasteiger partial charge in [0.05, 0.1) is 25.1 Å². The maximum Gasteiger partial charge on any atom is 0.241 e. The van der Waals surface area contributed by atoms with Gasteiger partial charge in [-0.1, -0.05) is 43.6 Å². The van der Waals surface area contributed by atoms with Gasteiger partial charge in [-0.2, -0.15) is 0 Å². The zero-order valence-electron chi connectivity index (χ0n) is 17.1. The molecule has 0 saturated heterocycles. The third-order valence-electron chi connectivity index (χ3n) is 4.34. The maximum absolute atomic E-state index is 12.8. The molecular weight excluding hydrogens is 412 g/mol. The number of halogens is 1. The van der Waals surface area contributed by atoms with Crippen LogP contribution in [0.1, 0.15) is 31.9 Å². The SMILES string of the molecule is COc1ccc(C(CC(C)C)NC(=O)CN(c2cccc(Cl)c2)S(C)(=O)=O)cc1. The molecule has 29 heavy (non-hydrogen) atoms. The summed E-state index contributed by atoms with van der Waals surface area (Å²) in [6, 6.07) is 13.7. The van der Waals surface area contributed by atoms with Crippen LogP contribution in [-0.2, 0) is 14.8 Å². The van der Waals surface area contributed by atoms with Crippen molar-refractivity contribution in [1.29, 1.82) is 0 Å². The number of nitrogens with zero attached hydrogens (tertiary/aromatic N) is 1. The summed E-state index contributed by atoms with van der Waals surface area (Å²) in [5, 5.41) is 3.37. The average molecular weight is 439 g/mol. The number of hydrogen-bond acceptors (Lipinski definition) is 4. The number of amides is 1. The molecule has 1 atom stereocenters. The molecule has 1 amide bonds. The zero-order chi connectivity index (χ0) is 21.6. The average Bonchev–Trinajstić information content (AvgIpc) is 2.64. The van der Waals surface area contributed by atoms with Gasteiger partial charge in [-0.25, -0.2) is 8.42 Å². The van der Waals surface area contributed by atoms with Gasteiger partial charge in [0, 0.05) is 5.02 Å². The summed E-state index contributed by atoms with van der Waals surface area (Å²) in [6.07, 6.45) is 1.78. The smallest absolute Gasteiger partial charge is 0.241 e. The summed E-state index contributed by atoms with van der Waals surface area (Å²) < 4.78 is 30.8. The van der Waals surface area contributed by atoms with Crippen molar-refractivity contribution in [3.63, 3.8) is 0 Å². The Balaban J connectivity index is 2.22. The van der Waals surface area contributed by atoms with E-state index in [0.29, 0.717) is 23.0 Å². The van der Waals surface area contributed by atoms with Crippen molar-refractivity contribution in [2.45, 2.75) is 26.3 Å². The third kappa shape index (κ3) is 6.94. The first kappa shape index (κ1) is 23.0. The van der Waals surface area contributed by atoms with Crippen molar-refractivity contribution in [1.82, 2.24) is 5.32 Å².